The first kappa shape index (κ1) is 8.95. The van der Waals surface area contributed by atoms with E-state index in [-0.39, 0.29) is 10.8 Å². The van der Waals surface area contributed by atoms with Gasteiger partial charge in [0, 0.05) is 18.1 Å². The molecule has 0 saturated heterocycles. The number of nitrogens with zero attached hydrogens (tertiary/aromatic N) is 4. The summed E-state index contributed by atoms with van der Waals surface area (Å²) in [4.78, 5) is 15.0. The van der Waals surface area contributed by atoms with Crippen molar-refractivity contribution in [2.45, 2.75) is 13.1 Å². The van der Waals surface area contributed by atoms with Crippen LogP contribution in [0.5, 0.6) is 0 Å². The standard InChI is InChI=1S/C7H9N5OS/c8-6-9-5-12(10-6)2-1-11-3-4-14-7(11)13/h3-5H,1-2H2,(H2,8,10). The van der Waals surface area contributed by atoms with E-state index >= 15 is 0 Å². The van der Waals surface area contributed by atoms with Crippen LogP contribution in [0.2, 0.25) is 0 Å². The molecular weight excluding hydrogens is 202 g/mol. The maximum absolute atomic E-state index is 11.2. The molecule has 2 N–H and O–H groups in total. The molecule has 0 spiro atoms. The molecule has 0 amide bonds. The first-order chi connectivity index (χ1) is 6.75. The maximum Gasteiger partial charge on any atom is 0.307 e. The number of hydrogen-bond donors (Lipinski definition) is 1. The Balaban J connectivity index is 2.01. The molecule has 0 saturated carbocycles. The van der Waals surface area contributed by atoms with Crippen LogP contribution in [0.15, 0.2) is 22.7 Å². The highest BCUT2D eigenvalue weighted by molar-refractivity contribution is 7.07. The highest BCUT2D eigenvalue weighted by Crippen LogP contribution is 1.93. The SMILES string of the molecule is Nc1ncn(CCn2ccsc2=O)n1. The second-order valence-electron chi connectivity index (χ2n) is 2.73. The van der Waals surface area contributed by atoms with Crippen molar-refractivity contribution in [3.63, 3.8) is 0 Å². The fourth-order valence-electron chi connectivity index (χ4n) is 1.08. The van der Waals surface area contributed by atoms with Crippen LogP contribution in [-0.2, 0) is 13.1 Å². The molecule has 14 heavy (non-hydrogen) atoms. The first-order valence-corrected chi connectivity index (χ1v) is 4.92. The average Bonchev–Trinajstić information content (AvgIpc) is 2.72. The van der Waals surface area contributed by atoms with Crippen LogP contribution in [0.1, 0.15) is 0 Å². The molecule has 2 aromatic heterocycles. The van der Waals surface area contributed by atoms with Gasteiger partial charge in [0.2, 0.25) is 5.95 Å². The Bertz CT molecular complexity index is 470. The smallest absolute Gasteiger partial charge is 0.307 e. The normalized spacial score (nSPS) is 10.6. The molecular formula is C7H9N5OS. The quantitative estimate of drug-likeness (QED) is 0.761. The summed E-state index contributed by atoms with van der Waals surface area (Å²) in [5.74, 6) is 0.252. The van der Waals surface area contributed by atoms with Gasteiger partial charge in [-0.1, -0.05) is 11.3 Å². The van der Waals surface area contributed by atoms with Gasteiger partial charge in [0.05, 0.1) is 6.54 Å². The molecule has 0 radical (unpaired) electrons. The van der Waals surface area contributed by atoms with Gasteiger partial charge in [-0.2, -0.15) is 0 Å². The molecule has 0 unspecified atom stereocenters. The third kappa shape index (κ3) is 1.82. The molecule has 0 atom stereocenters. The summed E-state index contributed by atoms with van der Waals surface area (Å²) in [6.07, 6.45) is 3.31. The Labute approximate surface area is 83.6 Å². The highest BCUT2D eigenvalue weighted by atomic mass is 32.1. The monoisotopic (exact) mass is 211 g/mol. The van der Waals surface area contributed by atoms with Crippen LogP contribution in [0.25, 0.3) is 0 Å². The lowest BCUT2D eigenvalue weighted by atomic mass is 10.6. The number of thiazole rings is 1. The predicted octanol–water partition coefficient (Wildman–Crippen LogP) is -0.216. The van der Waals surface area contributed by atoms with Gasteiger partial charge in [-0.15, -0.1) is 5.10 Å². The minimum Gasteiger partial charge on any atom is -0.367 e. The fraction of sp³-hybridized carbons (Fsp3) is 0.286. The van der Waals surface area contributed by atoms with Crippen molar-refractivity contribution >= 4 is 17.3 Å². The Morgan fingerprint density at radius 3 is 2.93 bits per heavy atom. The van der Waals surface area contributed by atoms with Crippen LogP contribution in [0.3, 0.4) is 0 Å². The van der Waals surface area contributed by atoms with Crippen molar-refractivity contribution in [2.24, 2.45) is 0 Å². The van der Waals surface area contributed by atoms with Crippen molar-refractivity contribution in [1.82, 2.24) is 19.3 Å². The van der Waals surface area contributed by atoms with E-state index in [9.17, 15) is 4.79 Å². The molecule has 6 nitrogen and oxygen atoms in total. The summed E-state index contributed by atoms with van der Waals surface area (Å²) in [5, 5.41) is 5.67. The summed E-state index contributed by atoms with van der Waals surface area (Å²) in [7, 11) is 0. The van der Waals surface area contributed by atoms with E-state index in [1.807, 2.05) is 0 Å². The van der Waals surface area contributed by atoms with Gasteiger partial charge in [-0.3, -0.25) is 4.79 Å². The van der Waals surface area contributed by atoms with Gasteiger partial charge in [0.1, 0.15) is 6.33 Å². The molecule has 7 heteroatoms. The third-order valence-corrected chi connectivity index (χ3v) is 2.46. The van der Waals surface area contributed by atoms with E-state index in [1.165, 1.54) is 11.3 Å². The molecule has 0 aliphatic heterocycles. The van der Waals surface area contributed by atoms with Gasteiger partial charge < -0.3 is 10.3 Å². The Kier molecular flexibility index (Phi) is 2.32. The zero-order valence-electron chi connectivity index (χ0n) is 7.33. The topological polar surface area (TPSA) is 78.7 Å². The number of nitrogen functional groups attached to an aromatic ring is 1. The summed E-state index contributed by atoms with van der Waals surface area (Å²) in [5.41, 5.74) is 5.35. The zero-order valence-corrected chi connectivity index (χ0v) is 8.15. The number of nitrogens with two attached hydrogens (primary N) is 1. The number of aromatic nitrogens is 4. The van der Waals surface area contributed by atoms with Crippen molar-refractivity contribution in [2.75, 3.05) is 5.73 Å². The van der Waals surface area contributed by atoms with Crippen LogP contribution in [-0.4, -0.2) is 19.3 Å². The third-order valence-electron chi connectivity index (χ3n) is 1.77. The van der Waals surface area contributed by atoms with Crippen LogP contribution >= 0.6 is 11.3 Å². The van der Waals surface area contributed by atoms with E-state index in [2.05, 4.69) is 10.1 Å². The highest BCUT2D eigenvalue weighted by Gasteiger charge is 1.98. The van der Waals surface area contributed by atoms with Gasteiger partial charge in [0.15, 0.2) is 0 Å². The van der Waals surface area contributed by atoms with E-state index in [1.54, 1.807) is 27.2 Å². The number of anilines is 1. The zero-order chi connectivity index (χ0) is 9.97. The van der Waals surface area contributed by atoms with Crippen molar-refractivity contribution in [1.29, 1.82) is 0 Å². The van der Waals surface area contributed by atoms with Crippen molar-refractivity contribution < 1.29 is 0 Å². The second kappa shape index (κ2) is 3.62. The molecule has 2 rings (SSSR count). The number of aryl methyl sites for hydroxylation is 2. The first-order valence-electron chi connectivity index (χ1n) is 4.04. The summed E-state index contributed by atoms with van der Waals surface area (Å²) >= 11 is 1.18. The average molecular weight is 211 g/mol. The molecule has 0 aliphatic rings. The summed E-state index contributed by atoms with van der Waals surface area (Å²) in [6.45, 7) is 1.19. The fourth-order valence-corrected chi connectivity index (χ4v) is 1.70. The molecule has 0 fully saturated rings. The Morgan fingerprint density at radius 1 is 1.50 bits per heavy atom. The van der Waals surface area contributed by atoms with Gasteiger partial charge >= 0.3 is 4.87 Å². The van der Waals surface area contributed by atoms with Gasteiger partial charge in [0.25, 0.3) is 0 Å². The Morgan fingerprint density at radius 2 is 2.36 bits per heavy atom. The minimum atomic E-state index is 0.0399. The minimum absolute atomic E-state index is 0.0399. The van der Waals surface area contributed by atoms with Crippen molar-refractivity contribution in [3.8, 4) is 0 Å². The van der Waals surface area contributed by atoms with E-state index in [0.29, 0.717) is 13.1 Å². The van der Waals surface area contributed by atoms with Gasteiger partial charge in [-0.25, -0.2) is 9.67 Å². The molecule has 2 aromatic rings. The lowest BCUT2D eigenvalue weighted by Gasteiger charge is -2.00. The summed E-state index contributed by atoms with van der Waals surface area (Å²) < 4.78 is 3.24. The maximum atomic E-state index is 11.2. The van der Waals surface area contributed by atoms with Crippen LogP contribution in [0, 0.1) is 0 Å². The molecule has 2 heterocycles. The predicted molar refractivity (Wildman–Crippen MR) is 53.0 cm³/mol. The summed E-state index contributed by atoms with van der Waals surface area (Å²) in [6, 6.07) is 0. The van der Waals surface area contributed by atoms with Crippen LogP contribution < -0.4 is 10.6 Å². The van der Waals surface area contributed by atoms with Crippen molar-refractivity contribution in [3.05, 3.63) is 27.6 Å². The van der Waals surface area contributed by atoms with E-state index < -0.39 is 0 Å². The van der Waals surface area contributed by atoms with E-state index in [0.717, 1.165) is 0 Å². The number of hydrogen-bond acceptors (Lipinski definition) is 5. The molecule has 0 aliphatic carbocycles. The largest absolute Gasteiger partial charge is 0.367 e. The number of rotatable bonds is 3. The Hall–Kier alpha value is -1.63. The lowest BCUT2D eigenvalue weighted by molar-refractivity contribution is 0.529. The lowest BCUT2D eigenvalue weighted by Crippen LogP contribution is -2.16. The van der Waals surface area contributed by atoms with E-state index in [4.69, 9.17) is 5.73 Å². The molecule has 74 valence electrons. The second-order valence-corrected chi connectivity index (χ2v) is 3.59. The van der Waals surface area contributed by atoms with Gasteiger partial charge in [-0.05, 0) is 0 Å². The molecule has 0 bridgehead atoms. The molecule has 0 aromatic carbocycles. The van der Waals surface area contributed by atoms with Crippen LogP contribution in [0.4, 0.5) is 5.95 Å².